The zero-order valence-corrected chi connectivity index (χ0v) is 8.79. The quantitative estimate of drug-likeness (QED) is 0.722. The Morgan fingerprint density at radius 1 is 1.64 bits per heavy atom. The third kappa shape index (κ3) is 1.61. The highest BCUT2D eigenvalue weighted by molar-refractivity contribution is 7.91. The molecule has 0 bridgehead atoms. The van der Waals surface area contributed by atoms with Crippen molar-refractivity contribution in [3.8, 4) is 0 Å². The van der Waals surface area contributed by atoms with Crippen LogP contribution in [-0.2, 0) is 9.84 Å². The van der Waals surface area contributed by atoms with Crippen LogP contribution in [0.1, 0.15) is 18.0 Å². The lowest BCUT2D eigenvalue weighted by Crippen LogP contribution is -2.11. The van der Waals surface area contributed by atoms with E-state index in [4.69, 9.17) is 5.73 Å². The maximum atomic E-state index is 11.2. The van der Waals surface area contributed by atoms with Gasteiger partial charge < -0.3 is 5.73 Å². The lowest BCUT2D eigenvalue weighted by Gasteiger charge is -2.06. The van der Waals surface area contributed by atoms with Gasteiger partial charge in [-0.2, -0.15) is 5.10 Å². The summed E-state index contributed by atoms with van der Waals surface area (Å²) in [5, 5.41) is 4.09. The Morgan fingerprint density at radius 3 is 2.79 bits per heavy atom. The second kappa shape index (κ2) is 2.98. The molecule has 1 unspecified atom stereocenters. The number of hydrogen-bond donors (Lipinski definition) is 1. The van der Waals surface area contributed by atoms with Gasteiger partial charge in [0, 0.05) is 11.8 Å². The maximum Gasteiger partial charge on any atom is 0.152 e. The Balaban J connectivity index is 2.26. The van der Waals surface area contributed by atoms with E-state index in [1.165, 1.54) is 0 Å². The highest BCUT2D eigenvalue weighted by Gasteiger charge is 2.29. The van der Waals surface area contributed by atoms with E-state index in [2.05, 4.69) is 5.10 Å². The van der Waals surface area contributed by atoms with Gasteiger partial charge in [0.15, 0.2) is 9.84 Å². The van der Waals surface area contributed by atoms with Crippen molar-refractivity contribution in [3.63, 3.8) is 0 Å². The molecule has 0 amide bonds. The summed E-state index contributed by atoms with van der Waals surface area (Å²) in [6, 6.07) is -0.0315. The first-order valence-corrected chi connectivity index (χ1v) is 6.32. The summed E-state index contributed by atoms with van der Waals surface area (Å²) in [6.45, 7) is 1.86. The van der Waals surface area contributed by atoms with Gasteiger partial charge in [0.2, 0.25) is 0 Å². The van der Waals surface area contributed by atoms with Crippen LogP contribution in [0.3, 0.4) is 0 Å². The highest BCUT2D eigenvalue weighted by Crippen LogP contribution is 2.24. The van der Waals surface area contributed by atoms with Crippen molar-refractivity contribution in [1.82, 2.24) is 9.78 Å². The minimum absolute atomic E-state index is 0.0315. The van der Waals surface area contributed by atoms with E-state index < -0.39 is 9.84 Å². The number of nitrogen functional groups attached to an aromatic ring is 1. The van der Waals surface area contributed by atoms with Crippen LogP contribution < -0.4 is 5.73 Å². The fourth-order valence-electron chi connectivity index (χ4n) is 1.67. The summed E-state index contributed by atoms with van der Waals surface area (Å²) in [5.74, 6) is 0.929. The average Bonchev–Trinajstić information content (AvgIpc) is 2.57. The molecule has 14 heavy (non-hydrogen) atoms. The first kappa shape index (κ1) is 9.51. The molecule has 0 aromatic carbocycles. The maximum absolute atomic E-state index is 11.2. The molecule has 2 heterocycles. The van der Waals surface area contributed by atoms with E-state index in [9.17, 15) is 8.42 Å². The number of rotatable bonds is 1. The Labute approximate surface area is 82.8 Å². The van der Waals surface area contributed by atoms with Crippen LogP contribution in [0.25, 0.3) is 0 Å². The van der Waals surface area contributed by atoms with Gasteiger partial charge in [-0.05, 0) is 13.3 Å². The van der Waals surface area contributed by atoms with Crippen LogP contribution >= 0.6 is 0 Å². The molecule has 2 N–H and O–H groups in total. The van der Waals surface area contributed by atoms with Crippen LogP contribution in [0.4, 0.5) is 5.82 Å². The van der Waals surface area contributed by atoms with E-state index in [1.54, 1.807) is 10.9 Å². The first-order chi connectivity index (χ1) is 6.48. The summed E-state index contributed by atoms with van der Waals surface area (Å²) in [5.41, 5.74) is 6.49. The monoisotopic (exact) mass is 215 g/mol. The fraction of sp³-hybridized carbons (Fsp3) is 0.625. The van der Waals surface area contributed by atoms with Crippen molar-refractivity contribution in [1.29, 1.82) is 0 Å². The molecule has 2 rings (SSSR count). The van der Waals surface area contributed by atoms with E-state index >= 15 is 0 Å². The second-order valence-electron chi connectivity index (χ2n) is 3.73. The molecule has 1 aromatic heterocycles. The van der Waals surface area contributed by atoms with Crippen molar-refractivity contribution in [3.05, 3.63) is 11.8 Å². The van der Waals surface area contributed by atoms with Crippen LogP contribution in [0.5, 0.6) is 0 Å². The molecule has 1 aliphatic heterocycles. The van der Waals surface area contributed by atoms with Crippen LogP contribution in [0.15, 0.2) is 6.20 Å². The number of hydrogen-bond acceptors (Lipinski definition) is 4. The van der Waals surface area contributed by atoms with E-state index in [1.807, 2.05) is 6.92 Å². The lowest BCUT2D eigenvalue weighted by atomic mass is 10.3. The van der Waals surface area contributed by atoms with Crippen LogP contribution in [0.2, 0.25) is 0 Å². The Hall–Kier alpha value is -1.04. The van der Waals surface area contributed by atoms with Gasteiger partial charge in [-0.15, -0.1) is 0 Å². The van der Waals surface area contributed by atoms with Crippen molar-refractivity contribution in [2.75, 3.05) is 17.2 Å². The lowest BCUT2D eigenvalue weighted by molar-refractivity contribution is 0.501. The van der Waals surface area contributed by atoms with E-state index in [-0.39, 0.29) is 17.5 Å². The zero-order valence-electron chi connectivity index (χ0n) is 7.97. The van der Waals surface area contributed by atoms with Gasteiger partial charge in [0.25, 0.3) is 0 Å². The SMILES string of the molecule is Cc1cn(C2CCS(=O)(=O)C2)nc1N. The van der Waals surface area contributed by atoms with E-state index in [0.717, 1.165) is 5.56 Å². The molecule has 0 radical (unpaired) electrons. The van der Waals surface area contributed by atoms with Gasteiger partial charge in [-0.25, -0.2) is 8.42 Å². The highest BCUT2D eigenvalue weighted by atomic mass is 32.2. The van der Waals surface area contributed by atoms with Crippen molar-refractivity contribution in [2.45, 2.75) is 19.4 Å². The van der Waals surface area contributed by atoms with Crippen LogP contribution in [0, 0.1) is 6.92 Å². The molecule has 0 spiro atoms. The summed E-state index contributed by atoms with van der Waals surface area (Å²) < 4.78 is 24.1. The van der Waals surface area contributed by atoms with Gasteiger partial charge in [0.1, 0.15) is 5.82 Å². The minimum atomic E-state index is -2.85. The van der Waals surface area contributed by atoms with E-state index in [0.29, 0.717) is 12.2 Å². The molecule has 78 valence electrons. The normalized spacial score (nSPS) is 25.4. The number of aromatic nitrogens is 2. The summed E-state index contributed by atoms with van der Waals surface area (Å²) >= 11 is 0. The van der Waals surface area contributed by atoms with Crippen molar-refractivity contribution in [2.24, 2.45) is 0 Å². The number of aryl methyl sites for hydroxylation is 1. The largest absolute Gasteiger partial charge is 0.382 e. The molecule has 6 heteroatoms. The molecule has 1 atom stereocenters. The van der Waals surface area contributed by atoms with Gasteiger partial charge in [-0.1, -0.05) is 0 Å². The molecular formula is C8H13N3O2S. The summed E-state index contributed by atoms with van der Waals surface area (Å²) in [7, 11) is -2.85. The Bertz CT molecular complexity index is 430. The average molecular weight is 215 g/mol. The molecule has 0 saturated carbocycles. The third-order valence-electron chi connectivity index (χ3n) is 2.54. The van der Waals surface area contributed by atoms with Gasteiger partial charge >= 0.3 is 0 Å². The zero-order chi connectivity index (χ0) is 10.3. The minimum Gasteiger partial charge on any atom is -0.382 e. The Kier molecular flexibility index (Phi) is 2.02. The smallest absolute Gasteiger partial charge is 0.152 e. The molecule has 1 saturated heterocycles. The van der Waals surface area contributed by atoms with Crippen molar-refractivity contribution < 1.29 is 8.42 Å². The number of anilines is 1. The Morgan fingerprint density at radius 2 is 2.36 bits per heavy atom. The molecule has 5 nitrogen and oxygen atoms in total. The third-order valence-corrected chi connectivity index (χ3v) is 4.29. The standard InChI is InChI=1S/C8H13N3O2S/c1-6-4-11(10-8(6)9)7-2-3-14(12,13)5-7/h4,7H,2-3,5H2,1H3,(H2,9,10). The molecular weight excluding hydrogens is 202 g/mol. The first-order valence-electron chi connectivity index (χ1n) is 4.49. The molecule has 1 aliphatic rings. The predicted octanol–water partition coefficient (Wildman–Crippen LogP) is 0.133. The molecule has 1 aromatic rings. The number of nitrogens with two attached hydrogens (primary N) is 1. The van der Waals surface area contributed by atoms with Crippen molar-refractivity contribution >= 4 is 15.7 Å². The molecule has 0 aliphatic carbocycles. The predicted molar refractivity (Wildman–Crippen MR) is 53.7 cm³/mol. The second-order valence-corrected chi connectivity index (χ2v) is 5.96. The number of nitrogens with zero attached hydrogens (tertiary/aromatic N) is 2. The fourth-order valence-corrected chi connectivity index (χ4v) is 3.37. The summed E-state index contributed by atoms with van der Waals surface area (Å²) in [6.07, 6.45) is 2.45. The number of sulfone groups is 1. The van der Waals surface area contributed by atoms with Crippen LogP contribution in [-0.4, -0.2) is 29.7 Å². The van der Waals surface area contributed by atoms with Gasteiger partial charge in [-0.3, -0.25) is 4.68 Å². The van der Waals surface area contributed by atoms with Gasteiger partial charge in [0.05, 0.1) is 17.5 Å². The topological polar surface area (TPSA) is 78.0 Å². The molecule has 1 fully saturated rings. The summed E-state index contributed by atoms with van der Waals surface area (Å²) in [4.78, 5) is 0.